The standard InChI is InChI=1S/C20H27N5O2/c1-21-19(16-13-22-24(2)14-16)20(27)23-17-8-5-15(6-9-17)7-10-18(26)25-11-3-4-12-25/h5-6,8-9,13-14,19,21H,3-4,7,10-12H2,1-2H3,(H,23,27). The summed E-state index contributed by atoms with van der Waals surface area (Å²) in [5.74, 6) is 0.0978. The average Bonchev–Trinajstić information content (AvgIpc) is 3.34. The zero-order chi connectivity index (χ0) is 19.2. The molecule has 2 heterocycles. The predicted octanol–water partition coefficient (Wildman–Crippen LogP) is 1.87. The van der Waals surface area contributed by atoms with Crippen LogP contribution in [0.15, 0.2) is 36.7 Å². The van der Waals surface area contributed by atoms with Crippen LogP contribution in [0.25, 0.3) is 0 Å². The SMILES string of the molecule is CNC(C(=O)Nc1ccc(CCC(=O)N2CCCC2)cc1)c1cnn(C)c1. The molecule has 7 heteroatoms. The molecule has 0 radical (unpaired) electrons. The van der Waals surface area contributed by atoms with Crippen molar-refractivity contribution in [3.63, 3.8) is 0 Å². The molecule has 3 rings (SSSR count). The van der Waals surface area contributed by atoms with Crippen LogP contribution in [0.3, 0.4) is 0 Å². The van der Waals surface area contributed by atoms with Crippen LogP contribution in [0.4, 0.5) is 5.69 Å². The average molecular weight is 369 g/mol. The van der Waals surface area contributed by atoms with Gasteiger partial charge in [0.1, 0.15) is 6.04 Å². The lowest BCUT2D eigenvalue weighted by Crippen LogP contribution is -2.30. The number of hydrogen-bond acceptors (Lipinski definition) is 4. The van der Waals surface area contributed by atoms with Gasteiger partial charge in [-0.05, 0) is 44.0 Å². The first-order valence-electron chi connectivity index (χ1n) is 9.40. The number of aryl methyl sites for hydroxylation is 2. The quantitative estimate of drug-likeness (QED) is 0.781. The summed E-state index contributed by atoms with van der Waals surface area (Å²) < 4.78 is 1.67. The number of carbonyl (C=O) groups is 2. The van der Waals surface area contributed by atoms with Crippen LogP contribution in [0.1, 0.15) is 36.4 Å². The predicted molar refractivity (Wildman–Crippen MR) is 104 cm³/mol. The topological polar surface area (TPSA) is 79.3 Å². The van der Waals surface area contributed by atoms with E-state index in [1.807, 2.05) is 42.4 Å². The molecule has 1 aromatic carbocycles. The van der Waals surface area contributed by atoms with Gasteiger partial charge in [0.2, 0.25) is 11.8 Å². The van der Waals surface area contributed by atoms with Crippen molar-refractivity contribution in [2.75, 3.05) is 25.5 Å². The van der Waals surface area contributed by atoms with Gasteiger partial charge < -0.3 is 15.5 Å². The summed E-state index contributed by atoms with van der Waals surface area (Å²) in [7, 11) is 3.57. The maximum Gasteiger partial charge on any atom is 0.246 e. The smallest absolute Gasteiger partial charge is 0.246 e. The summed E-state index contributed by atoms with van der Waals surface area (Å²) in [6.45, 7) is 1.79. The molecule has 1 aliphatic rings. The Morgan fingerprint density at radius 3 is 2.48 bits per heavy atom. The minimum atomic E-state index is -0.462. The van der Waals surface area contributed by atoms with Crippen LogP contribution in [0.2, 0.25) is 0 Å². The van der Waals surface area contributed by atoms with Crippen molar-refractivity contribution in [2.45, 2.75) is 31.7 Å². The second-order valence-electron chi connectivity index (χ2n) is 6.94. The molecule has 2 aromatic rings. The van der Waals surface area contributed by atoms with Crippen LogP contribution in [-0.2, 0) is 23.1 Å². The Kier molecular flexibility index (Phi) is 6.24. The lowest BCUT2D eigenvalue weighted by Gasteiger charge is -2.16. The minimum Gasteiger partial charge on any atom is -0.343 e. The Labute approximate surface area is 159 Å². The van der Waals surface area contributed by atoms with E-state index in [2.05, 4.69) is 15.7 Å². The van der Waals surface area contributed by atoms with Gasteiger partial charge in [-0.15, -0.1) is 0 Å². The van der Waals surface area contributed by atoms with Gasteiger partial charge >= 0.3 is 0 Å². The van der Waals surface area contributed by atoms with Crippen LogP contribution in [-0.4, -0.2) is 46.6 Å². The van der Waals surface area contributed by atoms with E-state index in [4.69, 9.17) is 0 Å². The number of benzene rings is 1. The highest BCUT2D eigenvalue weighted by atomic mass is 16.2. The molecular weight excluding hydrogens is 342 g/mol. The van der Waals surface area contributed by atoms with Gasteiger partial charge in [-0.25, -0.2) is 0 Å². The van der Waals surface area contributed by atoms with Crippen LogP contribution < -0.4 is 10.6 Å². The summed E-state index contributed by atoms with van der Waals surface area (Å²) in [5, 5.41) is 10.1. The monoisotopic (exact) mass is 369 g/mol. The van der Waals surface area contributed by atoms with Gasteiger partial charge in [-0.1, -0.05) is 12.1 Å². The maximum atomic E-state index is 12.5. The molecule has 1 aromatic heterocycles. The van der Waals surface area contributed by atoms with Crippen LogP contribution in [0, 0.1) is 0 Å². The van der Waals surface area contributed by atoms with Gasteiger partial charge in [0.25, 0.3) is 0 Å². The first-order chi connectivity index (χ1) is 13.1. The number of nitrogens with zero attached hydrogens (tertiary/aromatic N) is 3. The van der Waals surface area contributed by atoms with Crippen molar-refractivity contribution in [2.24, 2.45) is 7.05 Å². The number of amides is 2. The van der Waals surface area contributed by atoms with Crippen molar-refractivity contribution in [1.82, 2.24) is 20.0 Å². The van der Waals surface area contributed by atoms with Gasteiger partial charge in [0.05, 0.1) is 6.20 Å². The molecule has 1 saturated heterocycles. The summed E-state index contributed by atoms with van der Waals surface area (Å²) in [4.78, 5) is 26.6. The zero-order valence-corrected chi connectivity index (χ0v) is 15.9. The van der Waals surface area contributed by atoms with E-state index < -0.39 is 6.04 Å². The fraction of sp³-hybridized carbons (Fsp3) is 0.450. The van der Waals surface area contributed by atoms with Gasteiger partial charge in [-0.2, -0.15) is 5.10 Å². The Morgan fingerprint density at radius 2 is 1.89 bits per heavy atom. The molecule has 0 bridgehead atoms. The molecule has 2 N–H and O–H groups in total. The molecular formula is C20H27N5O2. The molecule has 1 atom stereocenters. The van der Waals surface area contributed by atoms with Gasteiger partial charge in [0.15, 0.2) is 0 Å². The fourth-order valence-electron chi connectivity index (χ4n) is 3.38. The molecule has 1 aliphatic heterocycles. The number of aromatic nitrogens is 2. The Balaban J connectivity index is 1.53. The molecule has 1 unspecified atom stereocenters. The number of hydrogen-bond donors (Lipinski definition) is 2. The highest BCUT2D eigenvalue weighted by molar-refractivity contribution is 5.95. The third-order valence-electron chi connectivity index (χ3n) is 4.92. The third kappa shape index (κ3) is 4.95. The molecule has 2 amide bonds. The van der Waals surface area contributed by atoms with E-state index in [-0.39, 0.29) is 11.8 Å². The minimum absolute atomic E-state index is 0.137. The Hall–Kier alpha value is -2.67. The zero-order valence-electron chi connectivity index (χ0n) is 15.9. The van der Waals surface area contributed by atoms with E-state index >= 15 is 0 Å². The maximum absolute atomic E-state index is 12.5. The third-order valence-corrected chi connectivity index (χ3v) is 4.92. The highest BCUT2D eigenvalue weighted by Crippen LogP contribution is 2.17. The summed E-state index contributed by atoms with van der Waals surface area (Å²) in [6, 6.07) is 7.22. The summed E-state index contributed by atoms with van der Waals surface area (Å²) in [6.07, 6.45) is 7.00. The second kappa shape index (κ2) is 8.81. The molecule has 0 aliphatic carbocycles. The van der Waals surface area contributed by atoms with Gasteiger partial charge in [0, 0.05) is 44.0 Å². The van der Waals surface area contributed by atoms with E-state index in [0.717, 1.165) is 49.2 Å². The number of anilines is 1. The van der Waals surface area contributed by atoms with Crippen LogP contribution in [0.5, 0.6) is 0 Å². The number of nitrogens with one attached hydrogen (secondary N) is 2. The first-order valence-corrected chi connectivity index (χ1v) is 9.40. The molecule has 144 valence electrons. The fourth-order valence-corrected chi connectivity index (χ4v) is 3.38. The molecule has 27 heavy (non-hydrogen) atoms. The number of likely N-dealkylation sites (N-methyl/N-ethyl adjacent to an activating group) is 1. The lowest BCUT2D eigenvalue weighted by atomic mass is 10.1. The number of carbonyl (C=O) groups excluding carboxylic acids is 2. The number of likely N-dealkylation sites (tertiary alicyclic amines) is 1. The second-order valence-corrected chi connectivity index (χ2v) is 6.94. The van der Waals surface area contributed by atoms with E-state index in [0.29, 0.717) is 6.42 Å². The lowest BCUT2D eigenvalue weighted by molar-refractivity contribution is -0.130. The summed E-state index contributed by atoms with van der Waals surface area (Å²) in [5.41, 5.74) is 2.64. The largest absolute Gasteiger partial charge is 0.343 e. The Morgan fingerprint density at radius 1 is 1.19 bits per heavy atom. The summed E-state index contributed by atoms with van der Waals surface area (Å²) >= 11 is 0. The van der Waals surface area contributed by atoms with E-state index in [1.165, 1.54) is 0 Å². The van der Waals surface area contributed by atoms with E-state index in [9.17, 15) is 9.59 Å². The van der Waals surface area contributed by atoms with Crippen molar-refractivity contribution >= 4 is 17.5 Å². The van der Waals surface area contributed by atoms with Crippen LogP contribution >= 0.6 is 0 Å². The van der Waals surface area contributed by atoms with E-state index in [1.54, 1.807) is 17.9 Å². The van der Waals surface area contributed by atoms with Crippen molar-refractivity contribution in [3.05, 3.63) is 47.8 Å². The van der Waals surface area contributed by atoms with Gasteiger partial charge in [-0.3, -0.25) is 14.3 Å². The number of rotatable bonds is 7. The van der Waals surface area contributed by atoms with Crippen molar-refractivity contribution in [3.8, 4) is 0 Å². The Bertz CT molecular complexity index is 778. The molecule has 0 saturated carbocycles. The molecule has 0 spiro atoms. The highest BCUT2D eigenvalue weighted by Gasteiger charge is 2.20. The molecule has 1 fully saturated rings. The normalized spacial score (nSPS) is 15.0. The van der Waals surface area contributed by atoms with Crippen molar-refractivity contribution in [1.29, 1.82) is 0 Å². The molecule has 7 nitrogen and oxygen atoms in total. The van der Waals surface area contributed by atoms with Crippen molar-refractivity contribution < 1.29 is 9.59 Å². The first kappa shape index (κ1) is 19.1.